The number of allylic oxidation sites excluding steroid dienone is 1. The summed E-state index contributed by atoms with van der Waals surface area (Å²) < 4.78 is 26.6. The van der Waals surface area contributed by atoms with Crippen LogP contribution in [0.4, 0.5) is 0 Å². The van der Waals surface area contributed by atoms with Gasteiger partial charge in [-0.15, -0.1) is 12.8 Å². The molecule has 0 fully saturated rings. The van der Waals surface area contributed by atoms with Crippen LogP contribution in [-0.4, -0.2) is 15.0 Å². The first-order chi connectivity index (χ1) is 6.43. The van der Waals surface area contributed by atoms with E-state index in [9.17, 15) is 8.42 Å². The lowest BCUT2D eigenvalue weighted by Gasteiger charge is -2.07. The van der Waals surface area contributed by atoms with Crippen LogP contribution in [0.2, 0.25) is 0 Å². The van der Waals surface area contributed by atoms with Crippen LogP contribution in [0.5, 0.6) is 0 Å². The second-order valence-electron chi connectivity index (χ2n) is 2.05. The highest BCUT2D eigenvalue weighted by Gasteiger charge is 2.14. The van der Waals surface area contributed by atoms with Gasteiger partial charge in [-0.1, -0.05) is 12.7 Å². The Morgan fingerprint density at radius 1 is 1.57 bits per heavy atom. The van der Waals surface area contributed by atoms with Gasteiger partial charge in [-0.25, -0.2) is 13.6 Å². The lowest BCUT2D eigenvalue weighted by Crippen LogP contribution is -2.16. The van der Waals surface area contributed by atoms with E-state index in [1.165, 1.54) is 6.08 Å². The van der Waals surface area contributed by atoms with Crippen molar-refractivity contribution in [3.8, 4) is 12.8 Å². The Balaban J connectivity index is 0. The van der Waals surface area contributed by atoms with Crippen molar-refractivity contribution in [3.05, 3.63) is 23.3 Å². The summed E-state index contributed by atoms with van der Waals surface area (Å²) in [4.78, 5) is -0.0654. The van der Waals surface area contributed by atoms with Gasteiger partial charge in [0.1, 0.15) is 10.7 Å². The Morgan fingerprint density at radius 3 is 2.21 bits per heavy atom. The molecular weight excluding hydrogens is 202 g/mol. The molecule has 0 aromatic rings. The minimum atomic E-state index is -3.70. The molecule has 0 saturated heterocycles. The summed E-state index contributed by atoms with van der Waals surface area (Å²) in [7, 11) is -3.70. The molecule has 0 radical (unpaired) electrons. The smallest absolute Gasteiger partial charge is 0.241 e. The van der Waals surface area contributed by atoms with Gasteiger partial charge in [0.2, 0.25) is 10.0 Å². The van der Waals surface area contributed by atoms with Gasteiger partial charge in [-0.3, -0.25) is 0 Å². The Labute approximate surface area is 85.5 Å². The lowest BCUT2D eigenvalue weighted by atomic mass is 10.4. The maximum atomic E-state index is 10.8. The zero-order valence-electron chi connectivity index (χ0n) is 8.36. The Bertz CT molecular complexity index is 325. The second kappa shape index (κ2) is 7.18. The first kappa shape index (κ1) is 15.2. The van der Waals surface area contributed by atoms with Gasteiger partial charge in [0.15, 0.2) is 0 Å². The molecule has 0 spiro atoms. The fraction of sp³-hybridized carbons (Fsp3) is 0.333. The third-order valence-electron chi connectivity index (χ3n) is 1.16. The molecule has 0 aliphatic heterocycles. The largest absolute Gasteiger partial charge is 0.493 e. The van der Waals surface area contributed by atoms with E-state index < -0.39 is 10.0 Å². The molecule has 0 heterocycles. The molecule has 80 valence electrons. The van der Waals surface area contributed by atoms with Crippen molar-refractivity contribution in [1.82, 2.24) is 0 Å². The Hall–Kier alpha value is -1.25. The quantitative estimate of drug-likeness (QED) is 0.433. The molecule has 0 aromatic carbocycles. The lowest BCUT2D eigenvalue weighted by molar-refractivity contribution is 0.242. The topological polar surface area (TPSA) is 69.4 Å². The van der Waals surface area contributed by atoms with Gasteiger partial charge < -0.3 is 4.74 Å². The minimum absolute atomic E-state index is 0.0654. The molecule has 2 N–H and O–H groups in total. The van der Waals surface area contributed by atoms with Crippen LogP contribution in [0.1, 0.15) is 13.8 Å². The van der Waals surface area contributed by atoms with E-state index in [4.69, 9.17) is 9.88 Å². The molecular formula is C9H15NO3S. The van der Waals surface area contributed by atoms with Gasteiger partial charge >= 0.3 is 0 Å². The van der Waals surface area contributed by atoms with E-state index in [2.05, 4.69) is 19.4 Å². The van der Waals surface area contributed by atoms with E-state index in [0.29, 0.717) is 6.61 Å². The zero-order chi connectivity index (χ0) is 11.8. The molecule has 5 heteroatoms. The highest BCUT2D eigenvalue weighted by molar-refractivity contribution is 7.93. The van der Waals surface area contributed by atoms with Crippen molar-refractivity contribution in [3.63, 3.8) is 0 Å². The molecule has 0 aliphatic rings. The minimum Gasteiger partial charge on any atom is -0.493 e. The summed E-state index contributed by atoms with van der Waals surface area (Å²) >= 11 is 0. The number of nitrogens with two attached hydrogens (primary N) is 1. The molecule has 0 bridgehead atoms. The van der Waals surface area contributed by atoms with Crippen molar-refractivity contribution in [1.29, 1.82) is 0 Å². The Kier molecular flexibility index (Phi) is 7.81. The summed E-state index contributed by atoms with van der Waals surface area (Å²) in [6, 6.07) is 0. The van der Waals surface area contributed by atoms with Crippen LogP contribution in [0.25, 0.3) is 0 Å². The van der Waals surface area contributed by atoms with Gasteiger partial charge in [0.05, 0.1) is 6.61 Å². The van der Waals surface area contributed by atoms with Crippen molar-refractivity contribution < 1.29 is 13.2 Å². The molecule has 0 unspecified atom stereocenters. The summed E-state index contributed by atoms with van der Waals surface area (Å²) in [5.74, 6) is 0.0856. The van der Waals surface area contributed by atoms with Gasteiger partial charge in [-0.2, -0.15) is 0 Å². The predicted octanol–water partition coefficient (Wildman–Crippen LogP) is 0.978. The number of rotatable bonds is 4. The monoisotopic (exact) mass is 217 g/mol. The van der Waals surface area contributed by atoms with E-state index in [1.54, 1.807) is 13.8 Å². The molecule has 14 heavy (non-hydrogen) atoms. The van der Waals surface area contributed by atoms with E-state index in [-0.39, 0.29) is 10.7 Å². The molecule has 4 nitrogen and oxygen atoms in total. The van der Waals surface area contributed by atoms with E-state index >= 15 is 0 Å². The molecule has 0 rings (SSSR count). The van der Waals surface area contributed by atoms with Crippen LogP contribution in [-0.2, 0) is 14.8 Å². The fourth-order valence-electron chi connectivity index (χ4n) is 0.729. The number of primary sulfonamides is 1. The second-order valence-corrected chi connectivity index (χ2v) is 3.58. The first-order valence-corrected chi connectivity index (χ1v) is 5.32. The van der Waals surface area contributed by atoms with Crippen molar-refractivity contribution in [2.75, 3.05) is 6.61 Å². The van der Waals surface area contributed by atoms with Crippen molar-refractivity contribution in [2.24, 2.45) is 5.14 Å². The fourth-order valence-corrected chi connectivity index (χ4v) is 1.43. The molecule has 0 saturated carbocycles. The predicted molar refractivity (Wildman–Crippen MR) is 57.5 cm³/mol. The first-order valence-electron chi connectivity index (χ1n) is 3.78. The highest BCUT2D eigenvalue weighted by Crippen LogP contribution is 2.13. The van der Waals surface area contributed by atoms with E-state index in [0.717, 1.165) is 0 Å². The van der Waals surface area contributed by atoms with Crippen LogP contribution in [0, 0.1) is 12.8 Å². The maximum Gasteiger partial charge on any atom is 0.241 e. The standard InChI is InChI=1S/C7H13NO3S.C2H2/c1-4-7(12(8,9)10)6(3)11-5-2;1-2/h4H,3,5H2,1-2H3,(H2,8,9,10);1-2H/b7-4+;. The molecule has 0 aromatic heterocycles. The van der Waals surface area contributed by atoms with Gasteiger partial charge in [0.25, 0.3) is 0 Å². The van der Waals surface area contributed by atoms with Gasteiger partial charge in [0, 0.05) is 0 Å². The maximum absolute atomic E-state index is 10.8. The summed E-state index contributed by atoms with van der Waals surface area (Å²) in [5, 5.41) is 4.88. The van der Waals surface area contributed by atoms with E-state index in [1.807, 2.05) is 0 Å². The molecule has 0 amide bonds. The average Bonchev–Trinajstić information content (AvgIpc) is 2.07. The number of hydrogen-bond acceptors (Lipinski definition) is 3. The Morgan fingerprint density at radius 2 is 2.00 bits per heavy atom. The number of hydrogen-bond donors (Lipinski definition) is 1. The van der Waals surface area contributed by atoms with Crippen LogP contribution >= 0.6 is 0 Å². The molecule has 0 aliphatic carbocycles. The summed E-state index contributed by atoms with van der Waals surface area (Å²) in [6.45, 7) is 7.10. The average molecular weight is 217 g/mol. The number of ether oxygens (including phenoxy) is 1. The number of terminal acetylenes is 1. The van der Waals surface area contributed by atoms with Crippen LogP contribution in [0.3, 0.4) is 0 Å². The summed E-state index contributed by atoms with van der Waals surface area (Å²) in [6.07, 6.45) is 9.35. The van der Waals surface area contributed by atoms with Crippen molar-refractivity contribution >= 4 is 10.0 Å². The SMILES string of the molecule is C#C.C=C(OCC)/C(=C\C)S(N)(=O)=O. The van der Waals surface area contributed by atoms with Crippen molar-refractivity contribution in [2.45, 2.75) is 13.8 Å². The normalized spacial score (nSPS) is 11.1. The molecule has 0 atom stereocenters. The third kappa shape index (κ3) is 5.41. The van der Waals surface area contributed by atoms with Crippen LogP contribution < -0.4 is 5.14 Å². The van der Waals surface area contributed by atoms with Gasteiger partial charge in [-0.05, 0) is 13.8 Å². The number of sulfonamides is 1. The highest BCUT2D eigenvalue weighted by atomic mass is 32.2. The third-order valence-corrected chi connectivity index (χ3v) is 2.24. The zero-order valence-corrected chi connectivity index (χ0v) is 9.17. The summed E-state index contributed by atoms with van der Waals surface area (Å²) in [5.41, 5.74) is 0. The van der Waals surface area contributed by atoms with Crippen LogP contribution in [0.15, 0.2) is 23.3 Å².